The fourth-order valence-electron chi connectivity index (χ4n) is 1.77. The topological polar surface area (TPSA) is 63.6 Å². The minimum absolute atomic E-state index is 0.353. The largest absolute Gasteiger partial charge is 0.490 e. The van der Waals surface area contributed by atoms with Crippen molar-refractivity contribution in [1.82, 2.24) is 10.4 Å². The molecule has 1 heterocycles. The third-order valence-electron chi connectivity index (χ3n) is 2.89. The van der Waals surface area contributed by atoms with Gasteiger partial charge in [0.1, 0.15) is 0 Å². The molecule has 0 atom stereocenters. The van der Waals surface area contributed by atoms with Crippen molar-refractivity contribution in [2.45, 2.75) is 13.8 Å². The van der Waals surface area contributed by atoms with Crippen LogP contribution in [-0.2, 0) is 0 Å². The third-order valence-corrected chi connectivity index (χ3v) is 3.45. The van der Waals surface area contributed by atoms with E-state index >= 15 is 0 Å². The summed E-state index contributed by atoms with van der Waals surface area (Å²) >= 11 is 12.4. The Morgan fingerprint density at radius 3 is 2.67 bits per heavy atom. The van der Waals surface area contributed by atoms with E-state index in [9.17, 15) is 4.79 Å². The van der Waals surface area contributed by atoms with Crippen LogP contribution in [0, 0.1) is 5.92 Å². The number of halogens is 2. The van der Waals surface area contributed by atoms with Gasteiger partial charge in [-0.3, -0.25) is 9.78 Å². The Morgan fingerprint density at radius 1 is 1.38 bits per heavy atom. The normalized spacial score (nSPS) is 11.0. The number of pyridine rings is 1. The van der Waals surface area contributed by atoms with E-state index in [2.05, 4.69) is 15.5 Å². The van der Waals surface area contributed by atoms with Crippen molar-refractivity contribution in [3.63, 3.8) is 0 Å². The first kappa shape index (κ1) is 18.2. The molecular formula is C17H17Cl2N3O2. The molecule has 0 unspecified atom stereocenters. The molecule has 0 saturated heterocycles. The number of hydrogen-bond donors (Lipinski definition) is 1. The van der Waals surface area contributed by atoms with Crippen molar-refractivity contribution in [3.8, 4) is 5.75 Å². The van der Waals surface area contributed by atoms with E-state index in [1.165, 1.54) is 12.4 Å². The summed E-state index contributed by atoms with van der Waals surface area (Å²) in [5, 5.41) is 4.68. The lowest BCUT2D eigenvalue weighted by atomic mass is 10.2. The Balaban J connectivity index is 2.03. The number of rotatable bonds is 6. The number of ether oxygens (including phenoxy) is 1. The molecule has 0 fully saturated rings. The van der Waals surface area contributed by atoms with Crippen LogP contribution in [0.25, 0.3) is 0 Å². The molecule has 1 amide bonds. The van der Waals surface area contributed by atoms with Crippen molar-refractivity contribution in [2.75, 3.05) is 6.61 Å². The molecule has 2 aromatic rings. The van der Waals surface area contributed by atoms with Crippen LogP contribution in [0.2, 0.25) is 10.0 Å². The Labute approximate surface area is 150 Å². The summed E-state index contributed by atoms with van der Waals surface area (Å²) in [4.78, 5) is 15.7. The lowest BCUT2D eigenvalue weighted by molar-refractivity contribution is 0.0955. The van der Waals surface area contributed by atoms with Crippen LogP contribution in [-0.4, -0.2) is 23.7 Å². The van der Waals surface area contributed by atoms with Gasteiger partial charge >= 0.3 is 0 Å². The van der Waals surface area contributed by atoms with E-state index in [0.29, 0.717) is 39.4 Å². The quantitative estimate of drug-likeness (QED) is 0.616. The van der Waals surface area contributed by atoms with Crippen LogP contribution in [0.1, 0.15) is 29.8 Å². The van der Waals surface area contributed by atoms with Crippen LogP contribution >= 0.6 is 23.2 Å². The third kappa shape index (κ3) is 5.22. The molecule has 7 heteroatoms. The van der Waals surface area contributed by atoms with Gasteiger partial charge in [-0.05, 0) is 35.7 Å². The number of nitrogens with zero attached hydrogens (tertiary/aromatic N) is 2. The van der Waals surface area contributed by atoms with Crippen molar-refractivity contribution < 1.29 is 9.53 Å². The second kappa shape index (κ2) is 8.66. The van der Waals surface area contributed by atoms with Crippen LogP contribution in [0.15, 0.2) is 41.8 Å². The maximum absolute atomic E-state index is 11.8. The average Bonchev–Trinajstić information content (AvgIpc) is 2.54. The predicted molar refractivity (Wildman–Crippen MR) is 96.1 cm³/mol. The summed E-state index contributed by atoms with van der Waals surface area (Å²) in [5.41, 5.74) is 3.48. The zero-order chi connectivity index (χ0) is 17.5. The minimum Gasteiger partial charge on any atom is -0.490 e. The number of carbonyl (C=O) groups excluding carboxylic acids is 1. The zero-order valence-electron chi connectivity index (χ0n) is 13.3. The number of aromatic nitrogens is 1. The number of nitrogens with one attached hydrogen (secondary N) is 1. The van der Waals surface area contributed by atoms with Crippen molar-refractivity contribution >= 4 is 35.3 Å². The maximum Gasteiger partial charge on any atom is 0.272 e. The van der Waals surface area contributed by atoms with Gasteiger partial charge in [-0.2, -0.15) is 5.10 Å². The van der Waals surface area contributed by atoms with Crippen molar-refractivity contribution in [1.29, 1.82) is 0 Å². The summed E-state index contributed by atoms with van der Waals surface area (Å²) in [5.74, 6) is 0.457. The van der Waals surface area contributed by atoms with E-state index in [0.717, 1.165) is 0 Å². The molecule has 0 aliphatic heterocycles. The lowest BCUT2D eigenvalue weighted by Gasteiger charge is -2.12. The summed E-state index contributed by atoms with van der Waals surface area (Å²) in [6.07, 6.45) is 4.50. The van der Waals surface area contributed by atoms with Gasteiger partial charge in [-0.1, -0.05) is 37.0 Å². The number of hydrazone groups is 1. The van der Waals surface area contributed by atoms with Gasteiger partial charge in [0.15, 0.2) is 5.75 Å². The second-order valence-electron chi connectivity index (χ2n) is 5.46. The average molecular weight is 366 g/mol. The molecule has 0 aliphatic carbocycles. The van der Waals surface area contributed by atoms with E-state index in [-0.39, 0.29) is 5.91 Å². The molecule has 0 saturated carbocycles. The Morgan fingerprint density at radius 2 is 2.08 bits per heavy atom. The van der Waals surface area contributed by atoms with Crippen molar-refractivity contribution in [3.05, 3.63) is 57.8 Å². The standard InChI is InChI=1S/C17H17Cl2N3O2/c1-11(2)10-24-16-14(18)6-12(7-15(16)19)8-21-22-17(23)13-4-3-5-20-9-13/h3-9,11H,10H2,1-2H3,(H,22,23)/b21-8-. The number of amides is 1. The van der Waals surface area contributed by atoms with E-state index in [1.54, 1.807) is 30.5 Å². The summed E-state index contributed by atoms with van der Waals surface area (Å²) < 4.78 is 5.60. The summed E-state index contributed by atoms with van der Waals surface area (Å²) in [7, 11) is 0. The van der Waals surface area contributed by atoms with E-state index in [4.69, 9.17) is 27.9 Å². The van der Waals surface area contributed by atoms with E-state index < -0.39 is 0 Å². The maximum atomic E-state index is 11.8. The minimum atomic E-state index is -0.353. The zero-order valence-corrected chi connectivity index (χ0v) is 14.8. The van der Waals surface area contributed by atoms with Crippen LogP contribution < -0.4 is 10.2 Å². The number of benzene rings is 1. The Bertz CT molecular complexity index is 711. The molecule has 0 aliphatic rings. The molecule has 1 N–H and O–H groups in total. The fourth-order valence-corrected chi connectivity index (χ4v) is 2.38. The first-order valence-corrected chi connectivity index (χ1v) is 8.08. The highest BCUT2D eigenvalue weighted by Crippen LogP contribution is 2.34. The predicted octanol–water partition coefficient (Wildman–Crippen LogP) is 4.19. The molecule has 24 heavy (non-hydrogen) atoms. The first-order valence-electron chi connectivity index (χ1n) is 7.32. The molecule has 0 bridgehead atoms. The SMILES string of the molecule is CC(C)COc1c(Cl)cc(/C=N\NC(=O)c2cccnc2)cc1Cl. The van der Waals surface area contributed by atoms with Crippen LogP contribution in [0.3, 0.4) is 0 Å². The van der Waals surface area contributed by atoms with Crippen LogP contribution in [0.5, 0.6) is 5.75 Å². The Kier molecular flexibility index (Phi) is 6.58. The molecule has 0 radical (unpaired) electrons. The lowest BCUT2D eigenvalue weighted by Crippen LogP contribution is -2.17. The van der Waals surface area contributed by atoms with Gasteiger partial charge in [-0.25, -0.2) is 5.43 Å². The molecule has 1 aromatic heterocycles. The van der Waals surface area contributed by atoms with Gasteiger partial charge in [0.05, 0.1) is 28.4 Å². The smallest absolute Gasteiger partial charge is 0.272 e. The van der Waals surface area contributed by atoms with Crippen molar-refractivity contribution in [2.24, 2.45) is 11.0 Å². The highest BCUT2D eigenvalue weighted by atomic mass is 35.5. The van der Waals surface area contributed by atoms with Gasteiger partial charge < -0.3 is 4.74 Å². The molecular weight excluding hydrogens is 349 g/mol. The molecule has 5 nitrogen and oxygen atoms in total. The van der Waals surface area contributed by atoms with Gasteiger partial charge in [0.25, 0.3) is 5.91 Å². The highest BCUT2D eigenvalue weighted by Gasteiger charge is 2.10. The molecule has 2 rings (SSSR count). The number of carbonyl (C=O) groups is 1. The van der Waals surface area contributed by atoms with E-state index in [1.807, 2.05) is 13.8 Å². The van der Waals surface area contributed by atoms with Gasteiger partial charge in [0.2, 0.25) is 0 Å². The Hall–Kier alpha value is -2.11. The fraction of sp³-hybridized carbons (Fsp3) is 0.235. The molecule has 0 spiro atoms. The van der Waals surface area contributed by atoms with Gasteiger partial charge in [-0.15, -0.1) is 0 Å². The molecule has 1 aromatic carbocycles. The summed E-state index contributed by atoms with van der Waals surface area (Å²) in [6.45, 7) is 4.59. The second-order valence-corrected chi connectivity index (χ2v) is 6.27. The van der Waals surface area contributed by atoms with Crippen LogP contribution in [0.4, 0.5) is 0 Å². The van der Waals surface area contributed by atoms with Gasteiger partial charge in [0, 0.05) is 12.4 Å². The highest BCUT2D eigenvalue weighted by molar-refractivity contribution is 6.37. The monoisotopic (exact) mass is 365 g/mol. The first-order chi connectivity index (χ1) is 11.5. The number of hydrogen-bond acceptors (Lipinski definition) is 4. The summed E-state index contributed by atoms with van der Waals surface area (Å²) in [6, 6.07) is 6.66. The molecule has 126 valence electrons.